The highest BCUT2D eigenvalue weighted by molar-refractivity contribution is 7.99. The SMILES string of the molecule is CC(C)C(NC(=O)c1c(F)cccc1F)C(=O)Nc1ccnc(Sc2ccccn2)c1. The summed E-state index contributed by atoms with van der Waals surface area (Å²) < 4.78 is 27.8. The Balaban J connectivity index is 1.72. The van der Waals surface area contributed by atoms with Gasteiger partial charge in [-0.05, 0) is 42.3 Å². The lowest BCUT2D eigenvalue weighted by molar-refractivity contribution is -0.118. The second kappa shape index (κ2) is 10.1. The molecule has 1 atom stereocenters. The van der Waals surface area contributed by atoms with Crippen LogP contribution in [0.5, 0.6) is 0 Å². The molecule has 6 nitrogen and oxygen atoms in total. The average molecular weight is 442 g/mol. The minimum absolute atomic E-state index is 0.331. The molecule has 0 bridgehead atoms. The van der Waals surface area contributed by atoms with Crippen molar-refractivity contribution in [1.29, 1.82) is 0 Å². The Morgan fingerprint density at radius 3 is 2.29 bits per heavy atom. The smallest absolute Gasteiger partial charge is 0.257 e. The van der Waals surface area contributed by atoms with Crippen molar-refractivity contribution in [2.24, 2.45) is 5.92 Å². The zero-order chi connectivity index (χ0) is 22.4. The molecule has 1 aromatic carbocycles. The zero-order valence-electron chi connectivity index (χ0n) is 16.8. The number of anilines is 1. The number of halogens is 2. The van der Waals surface area contributed by atoms with Crippen LogP contribution in [-0.4, -0.2) is 27.8 Å². The Bertz CT molecular complexity index is 1060. The third kappa shape index (κ3) is 5.85. The minimum Gasteiger partial charge on any atom is -0.340 e. The van der Waals surface area contributed by atoms with Crippen molar-refractivity contribution in [3.8, 4) is 0 Å². The fraction of sp³-hybridized carbons (Fsp3) is 0.182. The fourth-order valence-electron chi connectivity index (χ4n) is 2.74. The minimum atomic E-state index is -1.01. The maximum absolute atomic E-state index is 13.9. The molecule has 0 aliphatic rings. The first-order chi connectivity index (χ1) is 14.8. The summed E-state index contributed by atoms with van der Waals surface area (Å²) in [7, 11) is 0. The molecule has 9 heteroatoms. The molecule has 0 saturated heterocycles. The predicted molar refractivity (Wildman–Crippen MR) is 114 cm³/mol. The fourth-order valence-corrected chi connectivity index (χ4v) is 3.51. The topological polar surface area (TPSA) is 84.0 Å². The molecule has 0 radical (unpaired) electrons. The molecule has 2 amide bonds. The van der Waals surface area contributed by atoms with Crippen LogP contribution < -0.4 is 10.6 Å². The van der Waals surface area contributed by atoms with E-state index in [1.807, 2.05) is 18.2 Å². The second-order valence-electron chi connectivity index (χ2n) is 6.93. The first kappa shape index (κ1) is 22.4. The largest absolute Gasteiger partial charge is 0.340 e. The van der Waals surface area contributed by atoms with Gasteiger partial charge in [0.05, 0.1) is 0 Å². The van der Waals surface area contributed by atoms with E-state index >= 15 is 0 Å². The molecule has 1 unspecified atom stereocenters. The number of carbonyl (C=O) groups is 2. The zero-order valence-corrected chi connectivity index (χ0v) is 17.6. The van der Waals surface area contributed by atoms with Crippen molar-refractivity contribution in [3.63, 3.8) is 0 Å². The van der Waals surface area contributed by atoms with Crippen LogP contribution in [0.25, 0.3) is 0 Å². The van der Waals surface area contributed by atoms with Crippen LogP contribution >= 0.6 is 11.8 Å². The van der Waals surface area contributed by atoms with Crippen molar-refractivity contribution in [2.45, 2.75) is 29.9 Å². The van der Waals surface area contributed by atoms with E-state index in [0.717, 1.165) is 23.2 Å². The highest BCUT2D eigenvalue weighted by Crippen LogP contribution is 2.25. The first-order valence-electron chi connectivity index (χ1n) is 9.46. The van der Waals surface area contributed by atoms with Crippen molar-refractivity contribution < 1.29 is 18.4 Å². The van der Waals surface area contributed by atoms with E-state index in [4.69, 9.17) is 0 Å². The Morgan fingerprint density at radius 2 is 1.65 bits per heavy atom. The van der Waals surface area contributed by atoms with Gasteiger partial charge < -0.3 is 10.6 Å². The first-order valence-corrected chi connectivity index (χ1v) is 10.3. The number of rotatable bonds is 7. The number of aromatic nitrogens is 2. The van der Waals surface area contributed by atoms with E-state index in [1.54, 1.807) is 38.4 Å². The van der Waals surface area contributed by atoms with E-state index in [-0.39, 0.29) is 5.92 Å². The van der Waals surface area contributed by atoms with E-state index in [1.165, 1.54) is 11.8 Å². The van der Waals surface area contributed by atoms with Crippen molar-refractivity contribution in [2.75, 3.05) is 5.32 Å². The molecule has 31 heavy (non-hydrogen) atoms. The van der Waals surface area contributed by atoms with Gasteiger partial charge in [-0.25, -0.2) is 18.7 Å². The number of benzene rings is 1. The van der Waals surface area contributed by atoms with Crippen LogP contribution in [0, 0.1) is 17.6 Å². The Hall–Kier alpha value is -3.33. The van der Waals surface area contributed by atoms with Crippen LogP contribution in [0.4, 0.5) is 14.5 Å². The molecule has 0 spiro atoms. The third-order valence-electron chi connectivity index (χ3n) is 4.27. The van der Waals surface area contributed by atoms with Gasteiger partial charge in [-0.1, -0.05) is 37.7 Å². The van der Waals surface area contributed by atoms with Gasteiger partial charge in [-0.3, -0.25) is 9.59 Å². The van der Waals surface area contributed by atoms with Gasteiger partial charge in [0.15, 0.2) is 0 Å². The van der Waals surface area contributed by atoms with Gasteiger partial charge in [0.2, 0.25) is 5.91 Å². The molecule has 2 N–H and O–H groups in total. The number of nitrogens with zero attached hydrogens (tertiary/aromatic N) is 2. The lowest BCUT2D eigenvalue weighted by Crippen LogP contribution is -2.47. The number of hydrogen-bond acceptors (Lipinski definition) is 5. The summed E-state index contributed by atoms with van der Waals surface area (Å²) in [4.78, 5) is 33.7. The molecule has 2 aromatic heterocycles. The van der Waals surface area contributed by atoms with E-state index in [0.29, 0.717) is 10.7 Å². The van der Waals surface area contributed by atoms with Gasteiger partial charge in [0, 0.05) is 18.1 Å². The molecular weight excluding hydrogens is 422 g/mol. The predicted octanol–water partition coefficient (Wildman–Crippen LogP) is 4.30. The highest BCUT2D eigenvalue weighted by Gasteiger charge is 2.27. The number of nitrogens with one attached hydrogen (secondary N) is 2. The Morgan fingerprint density at radius 1 is 0.935 bits per heavy atom. The van der Waals surface area contributed by atoms with Gasteiger partial charge in [0.1, 0.15) is 33.3 Å². The summed E-state index contributed by atoms with van der Waals surface area (Å²) in [5, 5.41) is 6.52. The maximum atomic E-state index is 13.9. The molecule has 0 aliphatic carbocycles. The lowest BCUT2D eigenvalue weighted by atomic mass is 10.0. The maximum Gasteiger partial charge on any atom is 0.257 e. The quantitative estimate of drug-likeness (QED) is 0.570. The van der Waals surface area contributed by atoms with Gasteiger partial charge in [-0.15, -0.1) is 0 Å². The van der Waals surface area contributed by atoms with Crippen LogP contribution in [0.3, 0.4) is 0 Å². The summed E-state index contributed by atoms with van der Waals surface area (Å²) in [6.45, 7) is 3.44. The van der Waals surface area contributed by atoms with Gasteiger partial charge in [0.25, 0.3) is 5.91 Å². The molecule has 160 valence electrons. The molecule has 3 rings (SSSR count). The molecular formula is C22H20F2N4O2S. The van der Waals surface area contributed by atoms with Crippen molar-refractivity contribution in [3.05, 3.63) is 78.1 Å². The van der Waals surface area contributed by atoms with E-state index in [2.05, 4.69) is 20.6 Å². The molecule has 0 saturated carbocycles. The summed E-state index contributed by atoms with van der Waals surface area (Å²) in [5.41, 5.74) is -0.255. The monoisotopic (exact) mass is 442 g/mol. The van der Waals surface area contributed by atoms with Gasteiger partial charge >= 0.3 is 0 Å². The lowest BCUT2D eigenvalue weighted by Gasteiger charge is -2.22. The Kier molecular flexibility index (Phi) is 7.30. The van der Waals surface area contributed by atoms with Crippen LogP contribution in [0.1, 0.15) is 24.2 Å². The van der Waals surface area contributed by atoms with Crippen molar-refractivity contribution in [1.82, 2.24) is 15.3 Å². The summed E-state index contributed by atoms with van der Waals surface area (Å²) in [5.74, 6) is -3.83. The van der Waals surface area contributed by atoms with E-state index < -0.39 is 35.1 Å². The standard InChI is InChI=1S/C22H20F2N4O2S/c1-13(2)20(28-21(29)19-15(23)6-5-7-16(19)24)22(30)27-14-9-11-26-18(12-14)31-17-8-3-4-10-25-17/h3-13,20H,1-2H3,(H,28,29)(H,26,27,30). The summed E-state index contributed by atoms with van der Waals surface area (Å²) in [6, 6.07) is 10.9. The van der Waals surface area contributed by atoms with E-state index in [9.17, 15) is 18.4 Å². The normalized spacial score (nSPS) is 11.8. The number of amides is 2. The van der Waals surface area contributed by atoms with Crippen LogP contribution in [0.2, 0.25) is 0 Å². The average Bonchev–Trinajstić information content (AvgIpc) is 2.72. The third-order valence-corrected chi connectivity index (χ3v) is 5.16. The highest BCUT2D eigenvalue weighted by atomic mass is 32.2. The van der Waals surface area contributed by atoms with Crippen LogP contribution in [-0.2, 0) is 4.79 Å². The summed E-state index contributed by atoms with van der Waals surface area (Å²) in [6.07, 6.45) is 3.21. The summed E-state index contributed by atoms with van der Waals surface area (Å²) >= 11 is 1.33. The molecule has 3 aromatic rings. The number of carbonyl (C=O) groups excluding carboxylic acids is 2. The second-order valence-corrected chi connectivity index (χ2v) is 7.97. The molecule has 2 heterocycles. The Labute approximate surface area is 182 Å². The molecule has 0 aliphatic heterocycles. The number of pyridine rings is 2. The van der Waals surface area contributed by atoms with Crippen LogP contribution in [0.15, 0.2) is 71.0 Å². The molecule has 0 fully saturated rings. The van der Waals surface area contributed by atoms with Gasteiger partial charge in [-0.2, -0.15) is 0 Å². The number of hydrogen-bond donors (Lipinski definition) is 2. The van der Waals surface area contributed by atoms with Crippen molar-refractivity contribution >= 4 is 29.3 Å².